The predicted molar refractivity (Wildman–Crippen MR) is 96.7 cm³/mol. The van der Waals surface area contributed by atoms with Crippen LogP contribution in [0.15, 0.2) is 18.3 Å². The molecule has 9 nitrogen and oxygen atoms in total. The van der Waals surface area contributed by atoms with Crippen molar-refractivity contribution < 1.29 is 19.1 Å². The van der Waals surface area contributed by atoms with Gasteiger partial charge in [0.25, 0.3) is 5.91 Å². The van der Waals surface area contributed by atoms with Crippen molar-refractivity contribution in [3.63, 3.8) is 0 Å². The molecule has 0 saturated carbocycles. The fraction of sp³-hybridized carbons (Fsp3) is 0.444. The van der Waals surface area contributed by atoms with Gasteiger partial charge >= 0.3 is 0 Å². The third kappa shape index (κ3) is 3.86. The van der Waals surface area contributed by atoms with Crippen molar-refractivity contribution in [1.82, 2.24) is 24.8 Å². The molecular formula is C18H23N5O4. The second-order valence-corrected chi connectivity index (χ2v) is 6.54. The Kier molecular flexibility index (Phi) is 5.29. The summed E-state index contributed by atoms with van der Waals surface area (Å²) in [5, 5.41) is 7.81. The van der Waals surface area contributed by atoms with E-state index in [9.17, 15) is 9.59 Å². The number of hydrogen-bond donors (Lipinski definition) is 0. The number of fused-ring (bicyclic) bond motifs is 1. The number of methoxy groups -OCH3 is 2. The van der Waals surface area contributed by atoms with Crippen LogP contribution in [0, 0.1) is 0 Å². The highest BCUT2D eigenvalue weighted by molar-refractivity contribution is 5.92. The lowest BCUT2D eigenvalue weighted by Crippen LogP contribution is -2.36. The average Bonchev–Trinajstić information content (AvgIpc) is 3.14. The first-order chi connectivity index (χ1) is 12.9. The van der Waals surface area contributed by atoms with Crippen LogP contribution in [0.3, 0.4) is 0 Å². The molecule has 2 heterocycles. The van der Waals surface area contributed by atoms with Crippen molar-refractivity contribution >= 4 is 11.8 Å². The van der Waals surface area contributed by atoms with Crippen LogP contribution in [0.4, 0.5) is 0 Å². The molecule has 0 radical (unpaired) electrons. The van der Waals surface area contributed by atoms with Crippen LogP contribution < -0.4 is 9.47 Å². The Hall–Kier alpha value is -3.10. The second-order valence-electron chi connectivity index (χ2n) is 6.54. The maximum atomic E-state index is 12.8. The molecule has 2 aromatic rings. The number of amides is 2. The van der Waals surface area contributed by atoms with Crippen LogP contribution in [-0.2, 0) is 24.3 Å². The van der Waals surface area contributed by atoms with Crippen molar-refractivity contribution in [1.29, 1.82) is 0 Å². The van der Waals surface area contributed by atoms with Crippen molar-refractivity contribution in [2.45, 2.75) is 19.5 Å². The van der Waals surface area contributed by atoms with Crippen LogP contribution in [0.1, 0.15) is 21.6 Å². The Balaban J connectivity index is 1.74. The molecule has 1 aliphatic heterocycles. The van der Waals surface area contributed by atoms with E-state index in [-0.39, 0.29) is 24.1 Å². The third-order valence-electron chi connectivity index (χ3n) is 4.56. The lowest BCUT2D eigenvalue weighted by molar-refractivity contribution is -0.129. The molecule has 0 atom stereocenters. The molecule has 9 heteroatoms. The highest BCUT2D eigenvalue weighted by Gasteiger charge is 2.25. The van der Waals surface area contributed by atoms with Gasteiger partial charge in [-0.2, -0.15) is 0 Å². The average molecular weight is 373 g/mol. The molecule has 0 bridgehead atoms. The zero-order valence-corrected chi connectivity index (χ0v) is 15.9. The highest BCUT2D eigenvalue weighted by Crippen LogP contribution is 2.33. The summed E-state index contributed by atoms with van der Waals surface area (Å²) in [6.45, 7) is 1.08. The number of likely N-dealkylation sites (N-methyl/N-ethyl adjacent to an activating group) is 1. The van der Waals surface area contributed by atoms with E-state index in [4.69, 9.17) is 9.47 Å². The first kappa shape index (κ1) is 18.7. The molecule has 0 N–H and O–H groups in total. The van der Waals surface area contributed by atoms with Gasteiger partial charge in [-0.25, -0.2) is 4.68 Å². The summed E-state index contributed by atoms with van der Waals surface area (Å²) in [5.41, 5.74) is 2.38. The Morgan fingerprint density at radius 2 is 1.81 bits per heavy atom. The van der Waals surface area contributed by atoms with Gasteiger partial charge in [-0.15, -0.1) is 5.10 Å². The summed E-state index contributed by atoms with van der Waals surface area (Å²) in [4.78, 5) is 27.7. The summed E-state index contributed by atoms with van der Waals surface area (Å²) in [7, 11) is 6.52. The number of benzene rings is 1. The van der Waals surface area contributed by atoms with Gasteiger partial charge < -0.3 is 19.3 Å². The molecule has 0 spiro atoms. The predicted octanol–water partition coefficient (Wildman–Crippen LogP) is 0.582. The Morgan fingerprint density at radius 3 is 2.44 bits per heavy atom. The largest absolute Gasteiger partial charge is 0.493 e. The normalized spacial score (nSPS) is 13.1. The Bertz CT molecular complexity index is 861. The molecule has 0 unspecified atom stereocenters. The minimum absolute atomic E-state index is 0.0487. The van der Waals surface area contributed by atoms with Crippen LogP contribution >= 0.6 is 0 Å². The quantitative estimate of drug-likeness (QED) is 0.762. The van der Waals surface area contributed by atoms with E-state index in [2.05, 4.69) is 10.3 Å². The molecule has 27 heavy (non-hydrogen) atoms. The van der Waals surface area contributed by atoms with Gasteiger partial charge in [0.05, 0.1) is 20.4 Å². The van der Waals surface area contributed by atoms with E-state index in [0.717, 1.165) is 11.1 Å². The van der Waals surface area contributed by atoms with Crippen molar-refractivity contribution in [3.05, 3.63) is 35.2 Å². The summed E-state index contributed by atoms with van der Waals surface area (Å²) in [6.07, 6.45) is 2.22. The van der Waals surface area contributed by atoms with Crippen molar-refractivity contribution in [3.8, 4) is 11.5 Å². The van der Waals surface area contributed by atoms with Crippen molar-refractivity contribution in [2.75, 3.05) is 34.9 Å². The molecular weight excluding hydrogens is 350 g/mol. The summed E-state index contributed by atoms with van der Waals surface area (Å²) in [6, 6.07) is 3.86. The fourth-order valence-corrected chi connectivity index (χ4v) is 2.97. The van der Waals surface area contributed by atoms with Gasteiger partial charge in [-0.3, -0.25) is 9.59 Å². The van der Waals surface area contributed by atoms with E-state index in [1.54, 1.807) is 33.2 Å². The lowest BCUT2D eigenvalue weighted by atomic mass is 9.98. The van der Waals surface area contributed by atoms with E-state index in [1.807, 2.05) is 12.1 Å². The topological polar surface area (TPSA) is 89.8 Å². The van der Waals surface area contributed by atoms with Crippen molar-refractivity contribution in [2.24, 2.45) is 0 Å². The minimum Gasteiger partial charge on any atom is -0.493 e. The van der Waals surface area contributed by atoms with Gasteiger partial charge in [-0.05, 0) is 29.7 Å². The van der Waals surface area contributed by atoms with E-state index in [1.165, 1.54) is 15.8 Å². The zero-order valence-electron chi connectivity index (χ0n) is 15.9. The SMILES string of the molecule is COc1cc2c(cc1OC)CN(C(=O)c1cn(CC(=O)N(C)C)nn1)CC2. The molecule has 3 rings (SSSR count). The monoisotopic (exact) mass is 373 g/mol. The number of rotatable bonds is 5. The van der Waals surface area contributed by atoms with E-state index >= 15 is 0 Å². The number of carbonyl (C=O) groups excluding carboxylic acids is 2. The van der Waals surface area contributed by atoms with Gasteiger partial charge in [-0.1, -0.05) is 5.21 Å². The molecule has 1 aromatic heterocycles. The lowest BCUT2D eigenvalue weighted by Gasteiger charge is -2.29. The van der Waals surface area contributed by atoms with Crippen LogP contribution in [0.25, 0.3) is 0 Å². The van der Waals surface area contributed by atoms with Gasteiger partial charge in [0.15, 0.2) is 17.2 Å². The number of aromatic nitrogens is 3. The molecule has 2 amide bonds. The molecule has 1 aromatic carbocycles. The number of hydrogen-bond acceptors (Lipinski definition) is 6. The summed E-state index contributed by atoms with van der Waals surface area (Å²) < 4.78 is 12.1. The third-order valence-corrected chi connectivity index (χ3v) is 4.56. The van der Waals surface area contributed by atoms with Crippen LogP contribution in [0.2, 0.25) is 0 Å². The van der Waals surface area contributed by atoms with E-state index in [0.29, 0.717) is 31.0 Å². The maximum Gasteiger partial charge on any atom is 0.276 e. The number of carbonyl (C=O) groups is 2. The zero-order chi connectivity index (χ0) is 19.6. The number of ether oxygens (including phenoxy) is 2. The Morgan fingerprint density at radius 1 is 1.15 bits per heavy atom. The number of nitrogens with zero attached hydrogens (tertiary/aromatic N) is 5. The smallest absolute Gasteiger partial charge is 0.276 e. The molecule has 0 fully saturated rings. The minimum atomic E-state index is -0.209. The Labute approximate surface area is 157 Å². The van der Waals surface area contributed by atoms with Crippen LogP contribution in [0.5, 0.6) is 11.5 Å². The first-order valence-electron chi connectivity index (χ1n) is 8.56. The molecule has 1 aliphatic rings. The maximum absolute atomic E-state index is 12.8. The summed E-state index contributed by atoms with van der Waals surface area (Å²) >= 11 is 0. The van der Waals surface area contributed by atoms with Crippen LogP contribution in [-0.4, -0.2) is 71.5 Å². The molecule has 0 aliphatic carbocycles. The van der Waals surface area contributed by atoms with Gasteiger partial charge in [0.2, 0.25) is 5.91 Å². The van der Waals surface area contributed by atoms with E-state index < -0.39 is 0 Å². The summed E-state index contributed by atoms with van der Waals surface area (Å²) in [5.74, 6) is 0.994. The molecule has 0 saturated heterocycles. The van der Waals surface area contributed by atoms with Gasteiger partial charge in [0.1, 0.15) is 6.54 Å². The molecule has 144 valence electrons. The standard InChI is InChI=1S/C18H23N5O4/c1-21(2)17(24)11-23-10-14(19-20-23)18(25)22-6-5-12-7-15(26-3)16(27-4)8-13(12)9-22/h7-8,10H,5-6,9,11H2,1-4H3. The first-order valence-corrected chi connectivity index (χ1v) is 8.56. The fourth-order valence-electron chi connectivity index (χ4n) is 2.97. The van der Waals surface area contributed by atoms with Gasteiger partial charge in [0, 0.05) is 27.2 Å². The second kappa shape index (κ2) is 7.65. The highest BCUT2D eigenvalue weighted by atomic mass is 16.5.